The Morgan fingerprint density at radius 1 is 1.24 bits per heavy atom. The molecule has 0 spiro atoms. The average Bonchev–Trinajstić information content (AvgIpc) is 2.58. The normalized spacial score (nSPS) is 15.2. The zero-order chi connectivity index (χ0) is 13.0. The highest BCUT2D eigenvalue weighted by molar-refractivity contribution is 5.24. The zero-order valence-electron chi connectivity index (χ0n) is 12.1. The Balaban J connectivity index is 2.93. The maximum Gasteiger partial charge on any atom is 0.105 e. The molecule has 0 aromatic carbocycles. The largest absolute Gasteiger partial charge is 0.466 e. The molecule has 0 saturated carbocycles. The van der Waals surface area contributed by atoms with Crippen LogP contribution in [0.15, 0.2) is 10.5 Å². The van der Waals surface area contributed by atoms with Crippen molar-refractivity contribution < 1.29 is 4.42 Å². The molecule has 98 valence electrons. The minimum atomic E-state index is 0.410. The van der Waals surface area contributed by atoms with Crippen molar-refractivity contribution in [1.82, 2.24) is 5.32 Å². The molecule has 0 aliphatic heterocycles. The highest BCUT2D eigenvalue weighted by atomic mass is 16.3. The molecule has 2 atom stereocenters. The molecule has 0 aliphatic carbocycles. The first-order valence-electron chi connectivity index (χ1n) is 6.77. The lowest BCUT2D eigenvalue weighted by atomic mass is 9.86. The maximum absolute atomic E-state index is 5.67. The van der Waals surface area contributed by atoms with E-state index in [4.69, 9.17) is 4.42 Å². The van der Waals surface area contributed by atoms with Gasteiger partial charge >= 0.3 is 0 Å². The predicted molar refractivity (Wildman–Crippen MR) is 73.2 cm³/mol. The number of hydrogen-bond acceptors (Lipinski definition) is 2. The van der Waals surface area contributed by atoms with Gasteiger partial charge in [0.1, 0.15) is 11.5 Å². The van der Waals surface area contributed by atoms with Crippen molar-refractivity contribution in [2.45, 2.75) is 54.0 Å². The molecule has 1 aromatic heterocycles. The number of hydrogen-bond donors (Lipinski definition) is 1. The standard InChI is InChI=1S/C15H27NO/c1-7-8-16-15(12(5)10(2)3)14-9-11(4)17-13(14)6/h9-10,12,15-16H,7-8H2,1-6H3. The molecule has 2 heteroatoms. The minimum Gasteiger partial charge on any atom is -0.466 e. The molecule has 17 heavy (non-hydrogen) atoms. The van der Waals surface area contributed by atoms with Crippen LogP contribution in [0.3, 0.4) is 0 Å². The third-order valence-corrected chi connectivity index (χ3v) is 3.61. The second kappa shape index (κ2) is 6.25. The van der Waals surface area contributed by atoms with Crippen LogP contribution in [0.1, 0.15) is 57.2 Å². The van der Waals surface area contributed by atoms with Crippen molar-refractivity contribution in [2.24, 2.45) is 11.8 Å². The van der Waals surface area contributed by atoms with Gasteiger partial charge in [-0.05, 0) is 44.7 Å². The van der Waals surface area contributed by atoms with Gasteiger partial charge in [0.2, 0.25) is 0 Å². The highest BCUT2D eigenvalue weighted by Gasteiger charge is 2.24. The summed E-state index contributed by atoms with van der Waals surface area (Å²) >= 11 is 0. The first kappa shape index (κ1) is 14.3. The van der Waals surface area contributed by atoms with Crippen LogP contribution < -0.4 is 5.32 Å². The van der Waals surface area contributed by atoms with Crippen molar-refractivity contribution in [2.75, 3.05) is 6.54 Å². The lowest BCUT2D eigenvalue weighted by Gasteiger charge is -2.28. The second-order valence-electron chi connectivity index (χ2n) is 5.40. The Labute approximate surface area is 106 Å². The number of aryl methyl sites for hydroxylation is 2. The first-order valence-corrected chi connectivity index (χ1v) is 6.77. The fourth-order valence-electron chi connectivity index (χ4n) is 2.22. The topological polar surface area (TPSA) is 25.2 Å². The summed E-state index contributed by atoms with van der Waals surface area (Å²) in [7, 11) is 0. The summed E-state index contributed by atoms with van der Waals surface area (Å²) in [4.78, 5) is 0. The lowest BCUT2D eigenvalue weighted by Crippen LogP contribution is -2.30. The highest BCUT2D eigenvalue weighted by Crippen LogP contribution is 2.31. The van der Waals surface area contributed by atoms with Gasteiger partial charge in [-0.2, -0.15) is 0 Å². The first-order chi connectivity index (χ1) is 7.97. The van der Waals surface area contributed by atoms with Crippen molar-refractivity contribution >= 4 is 0 Å². The summed E-state index contributed by atoms with van der Waals surface area (Å²) in [5, 5.41) is 3.66. The smallest absolute Gasteiger partial charge is 0.105 e. The molecule has 0 saturated heterocycles. The van der Waals surface area contributed by atoms with Gasteiger partial charge in [0.05, 0.1) is 0 Å². The number of furan rings is 1. The van der Waals surface area contributed by atoms with Crippen LogP contribution in [0.5, 0.6) is 0 Å². The molecule has 0 radical (unpaired) electrons. The van der Waals surface area contributed by atoms with Gasteiger partial charge in [-0.15, -0.1) is 0 Å². The van der Waals surface area contributed by atoms with Gasteiger partial charge in [0.15, 0.2) is 0 Å². The van der Waals surface area contributed by atoms with Gasteiger partial charge in [-0.1, -0.05) is 27.7 Å². The van der Waals surface area contributed by atoms with E-state index in [0.29, 0.717) is 17.9 Å². The van der Waals surface area contributed by atoms with E-state index in [0.717, 1.165) is 24.5 Å². The average molecular weight is 237 g/mol. The van der Waals surface area contributed by atoms with Gasteiger partial charge in [0, 0.05) is 11.6 Å². The van der Waals surface area contributed by atoms with Crippen LogP contribution in [0.2, 0.25) is 0 Å². The molecular weight excluding hydrogens is 210 g/mol. The van der Waals surface area contributed by atoms with Crippen LogP contribution in [0.25, 0.3) is 0 Å². The predicted octanol–water partition coefficient (Wildman–Crippen LogP) is 4.23. The minimum absolute atomic E-state index is 0.410. The molecule has 0 aliphatic rings. The van der Waals surface area contributed by atoms with E-state index in [9.17, 15) is 0 Å². The van der Waals surface area contributed by atoms with E-state index in [-0.39, 0.29) is 0 Å². The molecule has 1 heterocycles. The molecule has 2 nitrogen and oxygen atoms in total. The number of rotatable bonds is 6. The molecule has 0 bridgehead atoms. The second-order valence-corrected chi connectivity index (χ2v) is 5.40. The zero-order valence-corrected chi connectivity index (χ0v) is 12.1. The summed E-state index contributed by atoms with van der Waals surface area (Å²) in [6.45, 7) is 14.2. The molecule has 1 N–H and O–H groups in total. The van der Waals surface area contributed by atoms with Crippen molar-refractivity contribution in [3.63, 3.8) is 0 Å². The van der Waals surface area contributed by atoms with Crippen LogP contribution in [-0.4, -0.2) is 6.54 Å². The summed E-state index contributed by atoms with van der Waals surface area (Å²) in [5.41, 5.74) is 1.33. The summed E-state index contributed by atoms with van der Waals surface area (Å²) in [5.74, 6) is 3.34. The Morgan fingerprint density at radius 3 is 2.29 bits per heavy atom. The third kappa shape index (κ3) is 3.60. The number of nitrogens with one attached hydrogen (secondary N) is 1. The summed E-state index contributed by atoms with van der Waals surface area (Å²) in [6.07, 6.45) is 1.16. The Hall–Kier alpha value is -0.760. The van der Waals surface area contributed by atoms with E-state index in [1.165, 1.54) is 5.56 Å². The Bertz CT molecular complexity index is 341. The SMILES string of the molecule is CCCNC(c1cc(C)oc1C)C(C)C(C)C. The van der Waals surface area contributed by atoms with Gasteiger partial charge < -0.3 is 9.73 Å². The van der Waals surface area contributed by atoms with E-state index in [1.807, 2.05) is 6.92 Å². The molecule has 1 aromatic rings. The van der Waals surface area contributed by atoms with Crippen LogP contribution in [0, 0.1) is 25.7 Å². The molecule has 0 fully saturated rings. The van der Waals surface area contributed by atoms with Crippen LogP contribution in [0.4, 0.5) is 0 Å². The lowest BCUT2D eigenvalue weighted by molar-refractivity contribution is 0.300. The quantitative estimate of drug-likeness (QED) is 0.801. The van der Waals surface area contributed by atoms with Crippen molar-refractivity contribution in [1.29, 1.82) is 0 Å². The van der Waals surface area contributed by atoms with E-state index < -0.39 is 0 Å². The summed E-state index contributed by atoms with van der Waals surface area (Å²) in [6, 6.07) is 2.59. The van der Waals surface area contributed by atoms with Crippen LogP contribution in [-0.2, 0) is 0 Å². The van der Waals surface area contributed by atoms with Crippen molar-refractivity contribution in [3.05, 3.63) is 23.2 Å². The van der Waals surface area contributed by atoms with E-state index in [1.54, 1.807) is 0 Å². The third-order valence-electron chi connectivity index (χ3n) is 3.61. The van der Waals surface area contributed by atoms with E-state index >= 15 is 0 Å². The Morgan fingerprint density at radius 2 is 1.88 bits per heavy atom. The molecular formula is C15H27NO. The molecule has 1 rings (SSSR count). The van der Waals surface area contributed by atoms with Gasteiger partial charge in [-0.25, -0.2) is 0 Å². The fraction of sp³-hybridized carbons (Fsp3) is 0.733. The van der Waals surface area contributed by atoms with Crippen LogP contribution >= 0.6 is 0 Å². The fourth-order valence-corrected chi connectivity index (χ4v) is 2.22. The van der Waals surface area contributed by atoms with Gasteiger partial charge in [0.25, 0.3) is 0 Å². The molecule has 2 unspecified atom stereocenters. The monoisotopic (exact) mass is 237 g/mol. The molecule has 0 amide bonds. The van der Waals surface area contributed by atoms with Crippen molar-refractivity contribution in [3.8, 4) is 0 Å². The maximum atomic E-state index is 5.67. The van der Waals surface area contributed by atoms with Gasteiger partial charge in [-0.3, -0.25) is 0 Å². The summed E-state index contributed by atoms with van der Waals surface area (Å²) < 4.78 is 5.67. The Kier molecular flexibility index (Phi) is 5.26. The van der Waals surface area contributed by atoms with E-state index in [2.05, 4.69) is 46.0 Å².